The first-order valence-corrected chi connectivity index (χ1v) is 14.0. The average molecular weight is 509 g/mol. The summed E-state index contributed by atoms with van der Waals surface area (Å²) in [6.45, 7) is 5.98. The number of aryl methyl sites for hydroxylation is 1. The van der Waals surface area contributed by atoms with Gasteiger partial charge in [0.25, 0.3) is 0 Å². The highest BCUT2D eigenvalue weighted by Crippen LogP contribution is 2.19. The van der Waals surface area contributed by atoms with Crippen molar-refractivity contribution in [1.82, 2.24) is 9.97 Å². The van der Waals surface area contributed by atoms with Gasteiger partial charge in [0.1, 0.15) is 0 Å². The molecule has 0 radical (unpaired) electrons. The maximum absolute atomic E-state index is 12.1. The predicted molar refractivity (Wildman–Crippen MR) is 148 cm³/mol. The molecule has 0 bridgehead atoms. The summed E-state index contributed by atoms with van der Waals surface area (Å²) >= 11 is 0. The molecule has 0 saturated heterocycles. The van der Waals surface area contributed by atoms with Crippen molar-refractivity contribution in [3.8, 4) is 17.1 Å². The zero-order chi connectivity index (χ0) is 26.7. The Morgan fingerprint density at radius 2 is 1.57 bits per heavy atom. The zero-order valence-corrected chi connectivity index (χ0v) is 22.9. The Kier molecular flexibility index (Phi) is 14.9. The highest BCUT2D eigenvalue weighted by molar-refractivity contribution is 5.73. The second kappa shape index (κ2) is 18.3. The summed E-state index contributed by atoms with van der Waals surface area (Å²) in [6.07, 6.45) is 20.2. The Balaban J connectivity index is 1.67. The Morgan fingerprint density at radius 3 is 2.27 bits per heavy atom. The lowest BCUT2D eigenvalue weighted by Crippen LogP contribution is -2.13. The molecule has 0 aliphatic heterocycles. The fraction of sp³-hybridized carbons (Fsp3) is 0.548. The highest BCUT2D eigenvalue weighted by atomic mass is 16.5. The molecule has 0 saturated carbocycles. The van der Waals surface area contributed by atoms with Crippen LogP contribution in [0.1, 0.15) is 103 Å². The van der Waals surface area contributed by atoms with Crippen LogP contribution in [0.15, 0.2) is 48.8 Å². The normalized spacial score (nSPS) is 12.0. The lowest BCUT2D eigenvalue weighted by molar-refractivity contribution is -0.148. The summed E-state index contributed by atoms with van der Waals surface area (Å²) in [7, 11) is 0. The van der Waals surface area contributed by atoms with Crippen LogP contribution in [0, 0.1) is 0 Å². The fourth-order valence-electron chi connectivity index (χ4n) is 3.98. The number of aromatic nitrogens is 2. The van der Waals surface area contributed by atoms with Crippen LogP contribution in [0.2, 0.25) is 0 Å². The Hall–Kier alpha value is -3.02. The summed E-state index contributed by atoms with van der Waals surface area (Å²) in [6, 6.07) is 8.20. The van der Waals surface area contributed by atoms with Gasteiger partial charge in [-0.3, -0.25) is 9.59 Å². The van der Waals surface area contributed by atoms with E-state index in [9.17, 15) is 9.59 Å². The van der Waals surface area contributed by atoms with E-state index in [1.165, 1.54) is 44.1 Å². The van der Waals surface area contributed by atoms with Crippen molar-refractivity contribution < 1.29 is 19.1 Å². The third kappa shape index (κ3) is 13.2. The van der Waals surface area contributed by atoms with Gasteiger partial charge in [-0.1, -0.05) is 82.4 Å². The number of carbonyl (C=O) groups is 2. The number of rotatable bonds is 18. The van der Waals surface area contributed by atoms with Gasteiger partial charge in [0.2, 0.25) is 0 Å². The first-order valence-electron chi connectivity index (χ1n) is 14.0. The predicted octanol–water partition coefficient (Wildman–Crippen LogP) is 7.80. The Morgan fingerprint density at radius 1 is 0.865 bits per heavy atom. The molecule has 1 unspecified atom stereocenters. The number of nitrogens with zero attached hydrogens (tertiary/aromatic N) is 2. The van der Waals surface area contributed by atoms with Crippen LogP contribution in [0.3, 0.4) is 0 Å². The average Bonchev–Trinajstić information content (AvgIpc) is 2.91. The number of unbranched alkanes of at least 4 members (excludes halogenated alkanes) is 7. The summed E-state index contributed by atoms with van der Waals surface area (Å²) in [5.74, 6) is 0.505. The van der Waals surface area contributed by atoms with Gasteiger partial charge in [0.05, 0.1) is 24.9 Å². The lowest BCUT2D eigenvalue weighted by atomic mass is 10.0. The van der Waals surface area contributed by atoms with Crippen LogP contribution in [0.5, 0.6) is 5.75 Å². The van der Waals surface area contributed by atoms with Crippen molar-refractivity contribution in [3.05, 3.63) is 54.4 Å². The van der Waals surface area contributed by atoms with Crippen molar-refractivity contribution in [3.63, 3.8) is 0 Å². The standard InChI is InChI=1S/C31H44N2O4/c1-4-6-7-8-9-10-11-12-13-18-30(35)37-28-23-32-31(33-24-28)27-21-19-26(20-22-27)17-15-14-16-25(3)36-29(34)5-2/h12-13,19-25H,4-11,14-18H2,1-3H3/b13-12-. The van der Waals surface area contributed by atoms with E-state index in [4.69, 9.17) is 9.47 Å². The largest absolute Gasteiger partial charge is 0.463 e. The molecule has 2 aromatic rings. The second-order valence-electron chi connectivity index (χ2n) is 9.55. The molecule has 0 amide bonds. The highest BCUT2D eigenvalue weighted by Gasteiger charge is 2.08. The Bertz CT molecular complexity index is 939. The summed E-state index contributed by atoms with van der Waals surface area (Å²) in [5.41, 5.74) is 2.16. The molecule has 0 N–H and O–H groups in total. The van der Waals surface area contributed by atoms with E-state index in [2.05, 4.69) is 35.1 Å². The lowest BCUT2D eigenvalue weighted by Gasteiger charge is -2.12. The molecule has 37 heavy (non-hydrogen) atoms. The van der Waals surface area contributed by atoms with Crippen LogP contribution in [0.4, 0.5) is 0 Å². The van der Waals surface area contributed by atoms with E-state index >= 15 is 0 Å². The van der Waals surface area contributed by atoms with E-state index in [0.717, 1.165) is 37.7 Å². The third-order valence-corrected chi connectivity index (χ3v) is 6.19. The molecule has 1 aromatic carbocycles. The first kappa shape index (κ1) is 30.2. The van der Waals surface area contributed by atoms with E-state index in [1.54, 1.807) is 12.4 Å². The molecule has 202 valence electrons. The third-order valence-electron chi connectivity index (χ3n) is 6.19. The molecule has 2 rings (SSSR count). The van der Waals surface area contributed by atoms with Crippen molar-refractivity contribution in [1.29, 1.82) is 0 Å². The second-order valence-corrected chi connectivity index (χ2v) is 9.55. The smallest absolute Gasteiger partial charge is 0.315 e. The van der Waals surface area contributed by atoms with Gasteiger partial charge in [0, 0.05) is 12.0 Å². The zero-order valence-electron chi connectivity index (χ0n) is 22.9. The summed E-state index contributed by atoms with van der Waals surface area (Å²) in [4.78, 5) is 32.1. The molecular formula is C31H44N2O4. The van der Waals surface area contributed by atoms with Crippen LogP contribution in [-0.4, -0.2) is 28.0 Å². The maximum Gasteiger partial charge on any atom is 0.315 e. The monoisotopic (exact) mass is 508 g/mol. The van der Waals surface area contributed by atoms with Gasteiger partial charge in [-0.2, -0.15) is 0 Å². The SMILES string of the molecule is CCCCCCCC/C=C\CC(=O)Oc1cnc(-c2ccc(CCCCC(C)OC(=O)CC)cc2)nc1. The van der Waals surface area contributed by atoms with Crippen molar-refractivity contribution in [2.75, 3.05) is 0 Å². The minimum Gasteiger partial charge on any atom is -0.463 e. The fourth-order valence-corrected chi connectivity index (χ4v) is 3.98. The molecule has 6 nitrogen and oxygen atoms in total. The Labute approximate surface area is 222 Å². The molecule has 0 aliphatic rings. The minimum atomic E-state index is -0.308. The number of esters is 2. The van der Waals surface area contributed by atoms with Gasteiger partial charge < -0.3 is 9.47 Å². The van der Waals surface area contributed by atoms with Crippen molar-refractivity contribution in [2.24, 2.45) is 0 Å². The molecule has 0 fully saturated rings. The van der Waals surface area contributed by atoms with E-state index in [1.807, 2.05) is 32.1 Å². The number of carbonyl (C=O) groups excluding carboxylic acids is 2. The van der Waals surface area contributed by atoms with Crippen molar-refractivity contribution in [2.45, 2.75) is 110 Å². The van der Waals surface area contributed by atoms with E-state index in [-0.39, 0.29) is 24.5 Å². The van der Waals surface area contributed by atoms with Gasteiger partial charge >= 0.3 is 11.9 Å². The molecule has 1 atom stereocenters. The van der Waals surface area contributed by atoms with Gasteiger partial charge in [-0.05, 0) is 51.0 Å². The quantitative estimate of drug-likeness (QED) is 0.116. The van der Waals surface area contributed by atoms with E-state index < -0.39 is 0 Å². The number of allylic oxidation sites excluding steroid dienone is 1. The minimum absolute atomic E-state index is 0.0272. The number of hydrogen-bond donors (Lipinski definition) is 0. The molecular weight excluding hydrogens is 464 g/mol. The topological polar surface area (TPSA) is 78.4 Å². The molecule has 6 heteroatoms. The summed E-state index contributed by atoms with van der Waals surface area (Å²) in [5, 5.41) is 0. The number of benzene rings is 1. The van der Waals surface area contributed by atoms with Gasteiger partial charge in [-0.25, -0.2) is 9.97 Å². The van der Waals surface area contributed by atoms with Crippen LogP contribution >= 0.6 is 0 Å². The van der Waals surface area contributed by atoms with Crippen LogP contribution in [-0.2, 0) is 20.7 Å². The van der Waals surface area contributed by atoms with Crippen molar-refractivity contribution >= 4 is 11.9 Å². The number of ether oxygens (including phenoxy) is 2. The van der Waals surface area contributed by atoms with Gasteiger partial charge in [-0.15, -0.1) is 0 Å². The van der Waals surface area contributed by atoms with Crippen LogP contribution < -0.4 is 4.74 Å². The molecule has 0 aliphatic carbocycles. The van der Waals surface area contributed by atoms with E-state index in [0.29, 0.717) is 18.0 Å². The maximum atomic E-state index is 12.1. The van der Waals surface area contributed by atoms with Crippen LogP contribution in [0.25, 0.3) is 11.4 Å². The number of hydrogen-bond acceptors (Lipinski definition) is 6. The first-order chi connectivity index (χ1) is 18.0. The molecule has 1 aromatic heterocycles. The van der Waals surface area contributed by atoms with Gasteiger partial charge in [0.15, 0.2) is 11.6 Å². The molecule has 1 heterocycles. The molecule has 0 spiro atoms. The summed E-state index contributed by atoms with van der Waals surface area (Å²) < 4.78 is 10.7.